The monoisotopic (exact) mass is 369 g/mol. The van der Waals surface area contributed by atoms with Crippen LogP contribution in [0.2, 0.25) is 5.02 Å². The lowest BCUT2D eigenvalue weighted by atomic mass is 10.0. The Balaban J connectivity index is 0.00000242. The molecule has 0 saturated carbocycles. The third-order valence-electron chi connectivity index (χ3n) is 3.36. The van der Waals surface area contributed by atoms with Crippen LogP contribution in [0.15, 0.2) is 23.1 Å². The van der Waals surface area contributed by atoms with Crippen molar-refractivity contribution in [2.24, 2.45) is 0 Å². The molecule has 124 valence electrons. The highest BCUT2D eigenvalue weighted by Crippen LogP contribution is 2.31. The third-order valence-corrected chi connectivity index (χ3v) is 5.39. The van der Waals surface area contributed by atoms with Gasteiger partial charge >= 0.3 is 0 Å². The molecule has 0 amide bonds. The van der Waals surface area contributed by atoms with Gasteiger partial charge in [-0.25, -0.2) is 13.1 Å². The summed E-state index contributed by atoms with van der Waals surface area (Å²) >= 11 is 5.87. The standard InChI is InChI=1S/C12H16ClN3O4S.ClH/c1-8-7-9(5-6-14-8)15-21(19,20)12-10(13)3-2-4-11(12)16(17)18;/h2-4,8-9,14-15H,5-7H2,1H3;1H. The second kappa shape index (κ2) is 7.56. The normalized spacial score (nSPS) is 21.9. The van der Waals surface area contributed by atoms with Gasteiger partial charge in [-0.3, -0.25) is 10.1 Å². The van der Waals surface area contributed by atoms with Gasteiger partial charge in [0.15, 0.2) is 4.90 Å². The topological polar surface area (TPSA) is 101 Å². The number of nitro groups is 1. The quantitative estimate of drug-likeness (QED) is 0.624. The van der Waals surface area contributed by atoms with E-state index < -0.39 is 25.5 Å². The van der Waals surface area contributed by atoms with Crippen molar-refractivity contribution in [1.82, 2.24) is 10.0 Å². The lowest BCUT2D eigenvalue weighted by Gasteiger charge is -2.28. The Morgan fingerprint density at radius 2 is 2.14 bits per heavy atom. The number of nitrogens with zero attached hydrogens (tertiary/aromatic N) is 1. The van der Waals surface area contributed by atoms with Crippen LogP contribution in [0.3, 0.4) is 0 Å². The molecule has 10 heteroatoms. The van der Waals surface area contributed by atoms with Gasteiger partial charge in [0.05, 0.1) is 9.95 Å². The number of piperidine rings is 1. The summed E-state index contributed by atoms with van der Waals surface area (Å²) in [6.07, 6.45) is 1.25. The molecule has 7 nitrogen and oxygen atoms in total. The van der Waals surface area contributed by atoms with E-state index in [9.17, 15) is 18.5 Å². The van der Waals surface area contributed by atoms with Crippen molar-refractivity contribution in [3.05, 3.63) is 33.3 Å². The summed E-state index contributed by atoms with van der Waals surface area (Å²) in [4.78, 5) is 9.80. The minimum atomic E-state index is -4.04. The van der Waals surface area contributed by atoms with Gasteiger partial charge in [-0.2, -0.15) is 0 Å². The van der Waals surface area contributed by atoms with Crippen molar-refractivity contribution in [3.8, 4) is 0 Å². The van der Waals surface area contributed by atoms with E-state index in [2.05, 4.69) is 10.0 Å². The fraction of sp³-hybridized carbons (Fsp3) is 0.500. The molecule has 2 unspecified atom stereocenters. The fourth-order valence-corrected chi connectivity index (χ4v) is 4.41. The maximum Gasteiger partial charge on any atom is 0.290 e. The number of sulfonamides is 1. The first-order valence-corrected chi connectivity index (χ1v) is 8.36. The van der Waals surface area contributed by atoms with E-state index in [1.807, 2.05) is 6.92 Å². The molecule has 1 aliphatic rings. The SMILES string of the molecule is CC1CC(NS(=O)(=O)c2c(Cl)cccc2[N+](=O)[O-])CCN1.Cl. The molecule has 1 aromatic rings. The number of nitrogens with one attached hydrogen (secondary N) is 2. The Morgan fingerprint density at radius 1 is 1.45 bits per heavy atom. The summed E-state index contributed by atoms with van der Waals surface area (Å²) in [5.41, 5.74) is -0.517. The smallest absolute Gasteiger partial charge is 0.290 e. The van der Waals surface area contributed by atoms with Crippen molar-refractivity contribution in [2.45, 2.75) is 36.7 Å². The molecule has 1 aliphatic heterocycles. The van der Waals surface area contributed by atoms with E-state index in [4.69, 9.17) is 11.6 Å². The molecule has 0 aliphatic carbocycles. The first kappa shape index (κ1) is 19.1. The summed E-state index contributed by atoms with van der Waals surface area (Å²) < 4.78 is 27.4. The lowest BCUT2D eigenvalue weighted by Crippen LogP contribution is -2.46. The maximum atomic E-state index is 12.4. The van der Waals surface area contributed by atoms with Crippen LogP contribution in [0.4, 0.5) is 5.69 Å². The van der Waals surface area contributed by atoms with Crippen LogP contribution in [-0.2, 0) is 10.0 Å². The van der Waals surface area contributed by atoms with E-state index in [1.54, 1.807) is 0 Å². The maximum absolute atomic E-state index is 12.4. The van der Waals surface area contributed by atoms with E-state index in [0.717, 1.165) is 6.07 Å². The summed E-state index contributed by atoms with van der Waals surface area (Å²) in [7, 11) is -4.04. The summed E-state index contributed by atoms with van der Waals surface area (Å²) in [5.74, 6) is 0. The zero-order valence-electron chi connectivity index (χ0n) is 11.8. The molecule has 0 radical (unpaired) electrons. The van der Waals surface area contributed by atoms with Crippen molar-refractivity contribution < 1.29 is 13.3 Å². The van der Waals surface area contributed by atoms with Crippen LogP contribution >= 0.6 is 24.0 Å². The number of nitro benzene ring substituents is 1. The number of hydrogen-bond acceptors (Lipinski definition) is 5. The highest BCUT2D eigenvalue weighted by molar-refractivity contribution is 7.89. The molecule has 0 spiro atoms. The van der Waals surface area contributed by atoms with E-state index in [1.165, 1.54) is 12.1 Å². The molecule has 1 aromatic carbocycles. The van der Waals surface area contributed by atoms with Crippen molar-refractivity contribution >= 4 is 39.7 Å². The highest BCUT2D eigenvalue weighted by atomic mass is 35.5. The average Bonchev–Trinajstić information content (AvgIpc) is 2.37. The molecule has 2 N–H and O–H groups in total. The fourth-order valence-electron chi connectivity index (χ4n) is 2.42. The summed E-state index contributed by atoms with van der Waals surface area (Å²) in [5, 5.41) is 14.1. The molecule has 1 fully saturated rings. The molecule has 2 rings (SSSR count). The zero-order chi connectivity index (χ0) is 15.6. The average molecular weight is 370 g/mol. The highest BCUT2D eigenvalue weighted by Gasteiger charge is 2.31. The molecule has 1 heterocycles. The van der Waals surface area contributed by atoms with Crippen LogP contribution in [-0.4, -0.2) is 32.0 Å². The zero-order valence-corrected chi connectivity index (χ0v) is 14.2. The van der Waals surface area contributed by atoms with Gasteiger partial charge in [0.2, 0.25) is 10.0 Å². The van der Waals surface area contributed by atoms with Crippen molar-refractivity contribution in [1.29, 1.82) is 0 Å². The van der Waals surface area contributed by atoms with Crippen LogP contribution in [0, 0.1) is 10.1 Å². The Hall–Kier alpha value is -0.930. The molecular formula is C12H17Cl2N3O4S. The molecule has 22 heavy (non-hydrogen) atoms. The second-order valence-electron chi connectivity index (χ2n) is 5.04. The molecule has 2 atom stereocenters. The van der Waals surface area contributed by atoms with Gasteiger partial charge in [0.25, 0.3) is 5.69 Å². The van der Waals surface area contributed by atoms with Gasteiger partial charge in [0.1, 0.15) is 0 Å². The van der Waals surface area contributed by atoms with E-state index in [-0.39, 0.29) is 29.5 Å². The van der Waals surface area contributed by atoms with Crippen LogP contribution in [0.25, 0.3) is 0 Å². The summed E-state index contributed by atoms with van der Waals surface area (Å²) in [6.45, 7) is 2.65. The summed E-state index contributed by atoms with van der Waals surface area (Å²) in [6, 6.07) is 3.74. The first-order valence-electron chi connectivity index (χ1n) is 6.50. The van der Waals surface area contributed by atoms with Crippen LogP contribution in [0.1, 0.15) is 19.8 Å². The van der Waals surface area contributed by atoms with Gasteiger partial charge in [0, 0.05) is 18.2 Å². The molecule has 1 saturated heterocycles. The molecule has 0 bridgehead atoms. The van der Waals surface area contributed by atoms with Crippen LogP contribution in [0.5, 0.6) is 0 Å². The largest absolute Gasteiger partial charge is 0.314 e. The first-order chi connectivity index (χ1) is 9.81. The number of halogens is 2. The minimum absolute atomic E-state index is 0. The van der Waals surface area contributed by atoms with Gasteiger partial charge in [-0.05, 0) is 32.4 Å². The third kappa shape index (κ3) is 4.30. The van der Waals surface area contributed by atoms with Gasteiger partial charge < -0.3 is 5.32 Å². The Morgan fingerprint density at radius 3 is 2.73 bits per heavy atom. The van der Waals surface area contributed by atoms with Gasteiger partial charge in [-0.15, -0.1) is 12.4 Å². The molecular weight excluding hydrogens is 353 g/mol. The lowest BCUT2D eigenvalue weighted by molar-refractivity contribution is -0.387. The second-order valence-corrected chi connectivity index (χ2v) is 7.10. The molecule has 0 aromatic heterocycles. The Labute approximate surface area is 140 Å². The van der Waals surface area contributed by atoms with Gasteiger partial charge in [-0.1, -0.05) is 17.7 Å². The number of benzene rings is 1. The predicted octanol–water partition coefficient (Wildman–Crippen LogP) is 2.09. The Kier molecular flexibility index (Phi) is 6.57. The Bertz CT molecular complexity index is 654. The van der Waals surface area contributed by atoms with Crippen molar-refractivity contribution in [2.75, 3.05) is 6.54 Å². The van der Waals surface area contributed by atoms with Crippen molar-refractivity contribution in [3.63, 3.8) is 0 Å². The van der Waals surface area contributed by atoms with E-state index in [0.29, 0.717) is 19.4 Å². The van der Waals surface area contributed by atoms with Crippen LogP contribution < -0.4 is 10.0 Å². The van der Waals surface area contributed by atoms with E-state index >= 15 is 0 Å². The minimum Gasteiger partial charge on any atom is -0.314 e. The predicted molar refractivity (Wildman–Crippen MR) is 86.2 cm³/mol. The number of hydrogen-bond donors (Lipinski definition) is 2. The number of rotatable bonds is 4.